The quantitative estimate of drug-likeness (QED) is 0.822. The van der Waals surface area contributed by atoms with E-state index in [1.54, 1.807) is 18.2 Å². The summed E-state index contributed by atoms with van der Waals surface area (Å²) in [6, 6.07) is 5.75. The Morgan fingerprint density at radius 2 is 2.32 bits per heavy atom. The molecular weight excluding hydrogens is 266 g/mol. The summed E-state index contributed by atoms with van der Waals surface area (Å²) in [5.41, 5.74) is 7.62. The van der Waals surface area contributed by atoms with Gasteiger partial charge in [-0.05, 0) is 24.5 Å². The molecule has 3 rings (SSSR count). The maximum Gasteiger partial charge on any atom is 0.295 e. The van der Waals surface area contributed by atoms with Crippen molar-refractivity contribution in [3.63, 3.8) is 0 Å². The van der Waals surface area contributed by atoms with E-state index < -0.39 is 9.84 Å². The predicted molar refractivity (Wildman–Crippen MR) is 73.7 cm³/mol. The van der Waals surface area contributed by atoms with Crippen molar-refractivity contribution in [2.24, 2.45) is 5.92 Å². The minimum Gasteiger partial charge on any atom is -0.423 e. The van der Waals surface area contributed by atoms with Gasteiger partial charge in [0.1, 0.15) is 5.52 Å². The van der Waals surface area contributed by atoms with E-state index in [2.05, 4.69) is 10.3 Å². The number of sulfone groups is 1. The van der Waals surface area contributed by atoms with Gasteiger partial charge in [0.05, 0.1) is 17.2 Å². The Morgan fingerprint density at radius 1 is 1.47 bits per heavy atom. The molecule has 1 atom stereocenters. The maximum absolute atomic E-state index is 11.4. The van der Waals surface area contributed by atoms with Crippen molar-refractivity contribution in [2.45, 2.75) is 6.42 Å². The molecule has 1 fully saturated rings. The zero-order chi connectivity index (χ0) is 13.5. The maximum atomic E-state index is 11.4. The van der Waals surface area contributed by atoms with Crippen LogP contribution in [0.15, 0.2) is 22.6 Å². The van der Waals surface area contributed by atoms with Crippen molar-refractivity contribution < 1.29 is 12.8 Å². The molecule has 0 radical (unpaired) electrons. The second kappa shape index (κ2) is 4.41. The Morgan fingerprint density at radius 3 is 3.00 bits per heavy atom. The second-order valence-electron chi connectivity index (χ2n) is 4.86. The molecule has 2 heterocycles. The molecule has 1 aliphatic rings. The molecule has 0 bridgehead atoms. The molecule has 19 heavy (non-hydrogen) atoms. The molecule has 1 unspecified atom stereocenters. The molecule has 102 valence electrons. The fourth-order valence-corrected chi connectivity index (χ4v) is 4.17. The summed E-state index contributed by atoms with van der Waals surface area (Å²) < 4.78 is 28.2. The van der Waals surface area contributed by atoms with Crippen molar-refractivity contribution in [2.75, 3.05) is 29.1 Å². The number of nitrogen functional groups attached to an aromatic ring is 1. The van der Waals surface area contributed by atoms with Crippen LogP contribution in [0, 0.1) is 5.92 Å². The highest BCUT2D eigenvalue weighted by Gasteiger charge is 2.27. The summed E-state index contributed by atoms with van der Waals surface area (Å²) in [6.07, 6.45) is 0.692. The van der Waals surface area contributed by atoms with Crippen LogP contribution in [-0.4, -0.2) is 31.5 Å². The molecule has 1 saturated heterocycles. The third kappa shape index (κ3) is 2.51. The largest absolute Gasteiger partial charge is 0.423 e. The molecule has 6 nitrogen and oxygen atoms in total. The normalized spacial score (nSPS) is 21.8. The van der Waals surface area contributed by atoms with Gasteiger partial charge in [-0.1, -0.05) is 6.07 Å². The van der Waals surface area contributed by atoms with E-state index in [1.807, 2.05) is 0 Å². The van der Waals surface area contributed by atoms with Crippen LogP contribution >= 0.6 is 0 Å². The topological polar surface area (TPSA) is 98.2 Å². The minimum absolute atomic E-state index is 0.123. The molecule has 1 aromatic carbocycles. The van der Waals surface area contributed by atoms with E-state index >= 15 is 0 Å². The highest BCUT2D eigenvalue weighted by Crippen LogP contribution is 2.24. The van der Waals surface area contributed by atoms with Crippen LogP contribution in [-0.2, 0) is 9.84 Å². The number of nitrogens with zero attached hydrogens (tertiary/aromatic N) is 1. The predicted octanol–water partition coefficient (Wildman–Crippen LogP) is 1.26. The minimum atomic E-state index is -2.84. The number of anilines is 2. The van der Waals surface area contributed by atoms with Crippen molar-refractivity contribution in [3.05, 3.63) is 18.2 Å². The van der Waals surface area contributed by atoms with Gasteiger partial charge in [-0.2, -0.15) is 4.98 Å². The van der Waals surface area contributed by atoms with Gasteiger partial charge in [-0.25, -0.2) is 8.42 Å². The Balaban J connectivity index is 1.71. The average Bonchev–Trinajstić information content (AvgIpc) is 2.91. The number of hydrogen-bond donors (Lipinski definition) is 2. The number of oxazole rings is 1. The van der Waals surface area contributed by atoms with Crippen LogP contribution in [0.4, 0.5) is 11.7 Å². The van der Waals surface area contributed by atoms with Crippen LogP contribution in [0.2, 0.25) is 0 Å². The number of rotatable bonds is 3. The molecule has 7 heteroatoms. The van der Waals surface area contributed by atoms with Gasteiger partial charge in [0.25, 0.3) is 6.01 Å². The first kappa shape index (κ1) is 12.3. The molecule has 0 spiro atoms. The average molecular weight is 281 g/mol. The van der Waals surface area contributed by atoms with Crippen LogP contribution in [0.1, 0.15) is 6.42 Å². The number of para-hydroxylation sites is 1. The summed E-state index contributed by atoms with van der Waals surface area (Å²) in [4.78, 5) is 4.26. The third-order valence-electron chi connectivity index (χ3n) is 3.32. The van der Waals surface area contributed by atoms with Gasteiger partial charge >= 0.3 is 0 Å². The first-order valence-corrected chi connectivity index (χ1v) is 7.95. The highest BCUT2D eigenvalue weighted by molar-refractivity contribution is 7.91. The molecular formula is C12H15N3O3S. The van der Waals surface area contributed by atoms with Gasteiger partial charge in [0.2, 0.25) is 0 Å². The van der Waals surface area contributed by atoms with Gasteiger partial charge < -0.3 is 15.5 Å². The standard InChI is InChI=1S/C12H15N3O3S/c13-9-2-1-3-10-11(9)15-12(18-10)14-6-8-4-5-19(16,17)7-8/h1-3,8H,4-7,13H2,(H,14,15). The monoisotopic (exact) mass is 281 g/mol. The van der Waals surface area contributed by atoms with Crippen LogP contribution in [0.25, 0.3) is 11.1 Å². The Kier molecular flexibility index (Phi) is 2.85. The van der Waals surface area contributed by atoms with Crippen molar-refractivity contribution >= 4 is 32.6 Å². The summed E-state index contributed by atoms with van der Waals surface area (Å²) in [5.74, 6) is 0.639. The van der Waals surface area contributed by atoms with E-state index in [0.717, 1.165) is 0 Å². The molecule has 1 aromatic heterocycles. The summed E-state index contributed by atoms with van der Waals surface area (Å²) in [5, 5.41) is 3.04. The molecule has 0 saturated carbocycles. The van der Waals surface area contributed by atoms with Gasteiger partial charge in [0.15, 0.2) is 15.4 Å². The molecule has 1 aliphatic heterocycles. The zero-order valence-electron chi connectivity index (χ0n) is 10.3. The van der Waals surface area contributed by atoms with E-state index in [0.29, 0.717) is 35.8 Å². The fraction of sp³-hybridized carbons (Fsp3) is 0.417. The first-order valence-electron chi connectivity index (χ1n) is 6.13. The lowest BCUT2D eigenvalue weighted by Gasteiger charge is -2.06. The Labute approximate surface area is 110 Å². The number of nitrogens with two attached hydrogens (primary N) is 1. The summed E-state index contributed by atoms with van der Waals surface area (Å²) >= 11 is 0. The van der Waals surface area contributed by atoms with Crippen molar-refractivity contribution in [1.29, 1.82) is 0 Å². The van der Waals surface area contributed by atoms with Crippen LogP contribution in [0.3, 0.4) is 0 Å². The van der Waals surface area contributed by atoms with E-state index in [-0.39, 0.29) is 17.4 Å². The number of nitrogens with one attached hydrogen (secondary N) is 1. The molecule has 0 aliphatic carbocycles. The Hall–Kier alpha value is -1.76. The summed E-state index contributed by atoms with van der Waals surface area (Å²) in [6.45, 7) is 0.548. The first-order chi connectivity index (χ1) is 9.03. The summed E-state index contributed by atoms with van der Waals surface area (Å²) in [7, 11) is -2.84. The van der Waals surface area contributed by atoms with Crippen molar-refractivity contribution in [1.82, 2.24) is 4.98 Å². The molecule has 2 aromatic rings. The lowest BCUT2D eigenvalue weighted by molar-refractivity contribution is 0.576. The highest BCUT2D eigenvalue weighted by atomic mass is 32.2. The Bertz CT molecular complexity index is 708. The third-order valence-corrected chi connectivity index (χ3v) is 5.16. The smallest absolute Gasteiger partial charge is 0.295 e. The number of hydrogen-bond acceptors (Lipinski definition) is 6. The van der Waals surface area contributed by atoms with Gasteiger partial charge in [0, 0.05) is 6.54 Å². The second-order valence-corrected chi connectivity index (χ2v) is 7.09. The van der Waals surface area contributed by atoms with Crippen LogP contribution in [0.5, 0.6) is 0 Å². The zero-order valence-corrected chi connectivity index (χ0v) is 11.1. The number of aromatic nitrogens is 1. The number of benzene rings is 1. The molecule has 0 amide bonds. The van der Waals surface area contributed by atoms with Crippen molar-refractivity contribution in [3.8, 4) is 0 Å². The SMILES string of the molecule is Nc1cccc2oc(NCC3CCS(=O)(=O)C3)nc12. The lowest BCUT2D eigenvalue weighted by atomic mass is 10.1. The van der Waals surface area contributed by atoms with E-state index in [1.165, 1.54) is 0 Å². The number of fused-ring (bicyclic) bond motifs is 1. The van der Waals surface area contributed by atoms with Gasteiger partial charge in [-0.15, -0.1) is 0 Å². The fourth-order valence-electron chi connectivity index (χ4n) is 2.31. The van der Waals surface area contributed by atoms with E-state index in [4.69, 9.17) is 10.2 Å². The van der Waals surface area contributed by atoms with Gasteiger partial charge in [-0.3, -0.25) is 0 Å². The van der Waals surface area contributed by atoms with Crippen LogP contribution < -0.4 is 11.1 Å². The lowest BCUT2D eigenvalue weighted by Crippen LogP contribution is -2.15. The van der Waals surface area contributed by atoms with E-state index in [9.17, 15) is 8.42 Å². The molecule has 3 N–H and O–H groups in total.